The summed E-state index contributed by atoms with van der Waals surface area (Å²) < 4.78 is 0. The first-order valence-corrected chi connectivity index (χ1v) is 3.77. The standard InChI is InChI=1S/C7H16N2O.ClH/c1-6-4-8(3)5-7(2)9(6)10;/h6-7,10H,4-5H2,1-3H3;1H/t6-,7+;. The Balaban J connectivity index is 0.000001000. The molecule has 2 atom stereocenters. The summed E-state index contributed by atoms with van der Waals surface area (Å²) in [5.41, 5.74) is 0. The van der Waals surface area contributed by atoms with Crippen LogP contribution in [0.15, 0.2) is 0 Å². The molecule has 0 aromatic rings. The van der Waals surface area contributed by atoms with E-state index < -0.39 is 0 Å². The molecule has 3 nitrogen and oxygen atoms in total. The normalized spacial score (nSPS) is 34.9. The first kappa shape index (κ1) is 11.2. The van der Waals surface area contributed by atoms with Gasteiger partial charge in [-0.3, -0.25) is 0 Å². The van der Waals surface area contributed by atoms with Gasteiger partial charge in [-0.15, -0.1) is 12.4 Å². The number of likely N-dealkylation sites (N-methyl/N-ethyl adjacent to an activating group) is 1. The Morgan fingerprint density at radius 2 is 1.55 bits per heavy atom. The van der Waals surface area contributed by atoms with Gasteiger partial charge in [0.25, 0.3) is 0 Å². The molecule has 0 radical (unpaired) electrons. The summed E-state index contributed by atoms with van der Waals surface area (Å²) in [4.78, 5) is 2.24. The third-order valence-electron chi connectivity index (χ3n) is 2.05. The first-order chi connectivity index (χ1) is 4.61. The Hall–Kier alpha value is 0.170. The van der Waals surface area contributed by atoms with Crippen LogP contribution in [0, 0.1) is 0 Å². The van der Waals surface area contributed by atoms with E-state index in [1.807, 2.05) is 13.8 Å². The molecule has 0 aromatic carbocycles. The summed E-state index contributed by atoms with van der Waals surface area (Å²) in [5, 5.41) is 10.8. The van der Waals surface area contributed by atoms with Crippen molar-refractivity contribution in [1.82, 2.24) is 9.96 Å². The number of hydroxylamine groups is 2. The highest BCUT2D eigenvalue weighted by Gasteiger charge is 2.25. The van der Waals surface area contributed by atoms with E-state index in [0.717, 1.165) is 13.1 Å². The maximum absolute atomic E-state index is 9.37. The SMILES string of the molecule is C[C@@H]1CN(C)C[C@H](C)N1O.Cl. The average molecular weight is 181 g/mol. The number of hydrogen-bond donors (Lipinski definition) is 1. The Morgan fingerprint density at radius 3 is 1.91 bits per heavy atom. The van der Waals surface area contributed by atoms with Crippen molar-refractivity contribution in [2.24, 2.45) is 0 Å². The molecule has 0 bridgehead atoms. The highest BCUT2D eigenvalue weighted by Crippen LogP contribution is 2.10. The van der Waals surface area contributed by atoms with Crippen LogP contribution in [0.1, 0.15) is 13.8 Å². The topological polar surface area (TPSA) is 26.7 Å². The molecule has 1 rings (SSSR count). The largest absolute Gasteiger partial charge is 0.313 e. The van der Waals surface area contributed by atoms with Crippen LogP contribution in [0.25, 0.3) is 0 Å². The van der Waals surface area contributed by atoms with Crippen LogP contribution < -0.4 is 0 Å². The number of hydrogen-bond acceptors (Lipinski definition) is 3. The van der Waals surface area contributed by atoms with E-state index in [1.54, 1.807) is 0 Å². The molecule has 1 saturated heterocycles. The summed E-state index contributed by atoms with van der Waals surface area (Å²) in [5.74, 6) is 0. The van der Waals surface area contributed by atoms with E-state index in [9.17, 15) is 5.21 Å². The third-order valence-corrected chi connectivity index (χ3v) is 2.05. The van der Waals surface area contributed by atoms with Crippen LogP contribution in [-0.2, 0) is 0 Å². The summed E-state index contributed by atoms with van der Waals surface area (Å²) in [7, 11) is 2.08. The van der Waals surface area contributed by atoms with Crippen molar-refractivity contribution in [2.75, 3.05) is 20.1 Å². The van der Waals surface area contributed by atoms with Gasteiger partial charge in [-0.25, -0.2) is 0 Å². The van der Waals surface area contributed by atoms with Crippen molar-refractivity contribution in [3.63, 3.8) is 0 Å². The van der Waals surface area contributed by atoms with Crippen LogP contribution >= 0.6 is 12.4 Å². The van der Waals surface area contributed by atoms with Crippen LogP contribution in [0.3, 0.4) is 0 Å². The van der Waals surface area contributed by atoms with Gasteiger partial charge < -0.3 is 10.1 Å². The van der Waals surface area contributed by atoms with E-state index in [2.05, 4.69) is 11.9 Å². The molecule has 0 spiro atoms. The highest BCUT2D eigenvalue weighted by molar-refractivity contribution is 5.85. The van der Waals surface area contributed by atoms with Gasteiger partial charge >= 0.3 is 0 Å². The Kier molecular flexibility index (Phi) is 4.32. The molecule has 1 N–H and O–H groups in total. The molecule has 0 saturated carbocycles. The molecule has 1 aliphatic heterocycles. The number of halogens is 1. The van der Waals surface area contributed by atoms with Crippen molar-refractivity contribution in [3.8, 4) is 0 Å². The second-order valence-electron chi connectivity index (χ2n) is 3.30. The Labute approximate surface area is 74.3 Å². The van der Waals surface area contributed by atoms with Gasteiger partial charge in [0.05, 0.1) is 0 Å². The van der Waals surface area contributed by atoms with Crippen LogP contribution in [0.2, 0.25) is 0 Å². The van der Waals surface area contributed by atoms with E-state index in [1.165, 1.54) is 5.06 Å². The van der Waals surface area contributed by atoms with Crippen molar-refractivity contribution in [2.45, 2.75) is 25.9 Å². The zero-order valence-electron chi connectivity index (χ0n) is 7.32. The predicted octanol–water partition coefficient (Wildman–Crippen LogP) is 0.822. The number of rotatable bonds is 0. The highest BCUT2D eigenvalue weighted by atomic mass is 35.5. The number of piperazine rings is 1. The lowest BCUT2D eigenvalue weighted by Crippen LogP contribution is -2.53. The summed E-state index contributed by atoms with van der Waals surface area (Å²) in [6.45, 7) is 5.99. The number of nitrogens with zero attached hydrogens (tertiary/aromatic N) is 2. The molecule has 1 fully saturated rings. The zero-order chi connectivity index (χ0) is 7.72. The monoisotopic (exact) mass is 180 g/mol. The minimum absolute atomic E-state index is 0. The minimum Gasteiger partial charge on any atom is -0.313 e. The molecule has 1 aliphatic rings. The predicted molar refractivity (Wildman–Crippen MR) is 47.3 cm³/mol. The fraction of sp³-hybridized carbons (Fsp3) is 1.00. The van der Waals surface area contributed by atoms with E-state index in [-0.39, 0.29) is 24.5 Å². The Bertz CT molecular complexity index is 111. The van der Waals surface area contributed by atoms with Crippen LogP contribution in [0.5, 0.6) is 0 Å². The summed E-state index contributed by atoms with van der Waals surface area (Å²) in [6, 6.07) is 0.544. The van der Waals surface area contributed by atoms with E-state index in [4.69, 9.17) is 0 Å². The molecular weight excluding hydrogens is 164 g/mol. The van der Waals surface area contributed by atoms with Gasteiger partial charge in [-0.05, 0) is 20.9 Å². The second kappa shape index (κ2) is 4.26. The smallest absolute Gasteiger partial charge is 0.0452 e. The first-order valence-electron chi connectivity index (χ1n) is 3.77. The van der Waals surface area contributed by atoms with Crippen molar-refractivity contribution < 1.29 is 5.21 Å². The second-order valence-corrected chi connectivity index (χ2v) is 3.30. The van der Waals surface area contributed by atoms with Crippen LogP contribution in [0.4, 0.5) is 0 Å². The lowest BCUT2D eigenvalue weighted by molar-refractivity contribution is -0.178. The minimum atomic E-state index is 0. The molecule has 4 heteroatoms. The van der Waals surface area contributed by atoms with Gasteiger partial charge in [0.2, 0.25) is 0 Å². The van der Waals surface area contributed by atoms with Crippen molar-refractivity contribution in [3.05, 3.63) is 0 Å². The molecule has 11 heavy (non-hydrogen) atoms. The summed E-state index contributed by atoms with van der Waals surface area (Å²) >= 11 is 0. The molecule has 68 valence electrons. The molecular formula is C7H17ClN2O. The van der Waals surface area contributed by atoms with Crippen molar-refractivity contribution >= 4 is 12.4 Å². The van der Waals surface area contributed by atoms with Gasteiger partial charge in [-0.2, -0.15) is 5.06 Å². The maximum Gasteiger partial charge on any atom is 0.0452 e. The van der Waals surface area contributed by atoms with Gasteiger partial charge in [-0.1, -0.05) is 0 Å². The third kappa shape index (κ3) is 2.60. The Morgan fingerprint density at radius 1 is 1.18 bits per heavy atom. The molecule has 0 unspecified atom stereocenters. The van der Waals surface area contributed by atoms with E-state index in [0.29, 0.717) is 0 Å². The van der Waals surface area contributed by atoms with Gasteiger partial charge in [0.1, 0.15) is 0 Å². The van der Waals surface area contributed by atoms with Gasteiger partial charge in [0, 0.05) is 25.2 Å². The lowest BCUT2D eigenvalue weighted by atomic mass is 10.1. The van der Waals surface area contributed by atoms with Crippen molar-refractivity contribution in [1.29, 1.82) is 0 Å². The molecule has 1 heterocycles. The quantitative estimate of drug-likeness (QED) is 0.598. The fourth-order valence-corrected chi connectivity index (χ4v) is 1.58. The van der Waals surface area contributed by atoms with E-state index >= 15 is 0 Å². The molecule has 0 amide bonds. The maximum atomic E-state index is 9.37. The average Bonchev–Trinajstić information content (AvgIpc) is 1.82. The van der Waals surface area contributed by atoms with Crippen LogP contribution in [-0.4, -0.2) is 47.4 Å². The van der Waals surface area contributed by atoms with Gasteiger partial charge in [0.15, 0.2) is 0 Å². The molecule has 0 aliphatic carbocycles. The fourth-order valence-electron chi connectivity index (χ4n) is 1.58. The molecule has 0 aromatic heterocycles. The summed E-state index contributed by atoms with van der Waals surface area (Å²) in [6.07, 6.45) is 0. The lowest BCUT2D eigenvalue weighted by Gasteiger charge is -2.38. The zero-order valence-corrected chi connectivity index (χ0v) is 8.14.